The smallest absolute Gasteiger partial charge is 0.336 e. The highest BCUT2D eigenvalue weighted by molar-refractivity contribution is 7.10. The van der Waals surface area contributed by atoms with E-state index in [-0.39, 0.29) is 11.9 Å². The molecular formula is C15H21NO4S. The first-order valence-corrected chi connectivity index (χ1v) is 8.18. The van der Waals surface area contributed by atoms with E-state index in [1.54, 1.807) is 11.4 Å². The fourth-order valence-electron chi connectivity index (χ4n) is 2.62. The van der Waals surface area contributed by atoms with E-state index in [4.69, 9.17) is 9.84 Å². The van der Waals surface area contributed by atoms with E-state index < -0.39 is 5.97 Å². The molecule has 2 N–H and O–H groups in total. The Morgan fingerprint density at radius 3 is 2.67 bits per heavy atom. The molecule has 0 unspecified atom stereocenters. The zero-order valence-electron chi connectivity index (χ0n) is 12.1. The van der Waals surface area contributed by atoms with E-state index in [0.717, 1.165) is 30.6 Å². The quantitative estimate of drug-likeness (QED) is 0.790. The van der Waals surface area contributed by atoms with Gasteiger partial charge in [-0.2, -0.15) is 0 Å². The lowest BCUT2D eigenvalue weighted by Gasteiger charge is -2.27. The molecule has 5 nitrogen and oxygen atoms in total. The van der Waals surface area contributed by atoms with Crippen LogP contribution in [0.1, 0.15) is 47.8 Å². The molecule has 0 saturated heterocycles. The Hall–Kier alpha value is -1.40. The molecule has 0 aromatic carbocycles. The summed E-state index contributed by atoms with van der Waals surface area (Å²) in [6.45, 7) is 2.96. The van der Waals surface area contributed by atoms with Crippen LogP contribution in [0.15, 0.2) is 11.4 Å². The molecule has 0 amide bonds. The molecule has 0 aliphatic heterocycles. The summed E-state index contributed by atoms with van der Waals surface area (Å²) in [5, 5.41) is 14.0. The van der Waals surface area contributed by atoms with Crippen LogP contribution < -0.4 is 5.32 Å². The number of rotatable bonds is 6. The van der Waals surface area contributed by atoms with Crippen LogP contribution >= 0.6 is 11.3 Å². The fraction of sp³-hybridized carbons (Fsp3) is 0.600. The first-order chi connectivity index (χ1) is 10.1. The molecule has 21 heavy (non-hydrogen) atoms. The van der Waals surface area contributed by atoms with Crippen molar-refractivity contribution in [1.82, 2.24) is 5.32 Å². The van der Waals surface area contributed by atoms with Gasteiger partial charge in [0.05, 0.1) is 18.1 Å². The molecular weight excluding hydrogens is 290 g/mol. The first kappa shape index (κ1) is 16.0. The summed E-state index contributed by atoms with van der Waals surface area (Å²) in [6.07, 6.45) is 3.64. The molecule has 1 heterocycles. The molecule has 116 valence electrons. The lowest BCUT2D eigenvalue weighted by Crippen LogP contribution is -2.34. The molecule has 1 aliphatic carbocycles. The molecule has 0 spiro atoms. The maximum atomic E-state index is 11.7. The Labute approximate surface area is 128 Å². The van der Waals surface area contributed by atoms with Gasteiger partial charge in [-0.25, -0.2) is 4.79 Å². The molecule has 1 aromatic heterocycles. The van der Waals surface area contributed by atoms with E-state index in [2.05, 4.69) is 5.32 Å². The number of carboxylic acid groups (broad SMARTS) is 1. The summed E-state index contributed by atoms with van der Waals surface area (Å²) in [5.41, 5.74) is 0.350. The predicted octanol–water partition coefficient (Wildman–Crippen LogP) is 2.66. The van der Waals surface area contributed by atoms with Crippen molar-refractivity contribution in [3.63, 3.8) is 0 Å². The Bertz CT molecular complexity index is 492. The largest absolute Gasteiger partial charge is 0.478 e. The minimum Gasteiger partial charge on any atom is -0.478 e. The van der Waals surface area contributed by atoms with Crippen LogP contribution in [-0.2, 0) is 16.1 Å². The maximum absolute atomic E-state index is 11.7. The van der Waals surface area contributed by atoms with Crippen molar-refractivity contribution in [2.75, 3.05) is 6.61 Å². The number of nitrogens with one attached hydrogen (secondary N) is 1. The second-order valence-electron chi connectivity index (χ2n) is 5.29. The number of hydrogen-bond donors (Lipinski definition) is 2. The number of thiophene rings is 1. The zero-order valence-corrected chi connectivity index (χ0v) is 12.9. The van der Waals surface area contributed by atoms with Gasteiger partial charge in [0.15, 0.2) is 0 Å². The van der Waals surface area contributed by atoms with Gasteiger partial charge in [-0.05, 0) is 38.7 Å². The third-order valence-corrected chi connectivity index (χ3v) is 4.75. The van der Waals surface area contributed by atoms with Crippen LogP contribution in [0.2, 0.25) is 0 Å². The summed E-state index contributed by atoms with van der Waals surface area (Å²) in [6, 6.07) is 2.11. The number of esters is 1. The topological polar surface area (TPSA) is 75.6 Å². The average Bonchev–Trinajstić information content (AvgIpc) is 2.95. The lowest BCUT2D eigenvalue weighted by molar-refractivity contribution is -0.149. The fourth-order valence-corrected chi connectivity index (χ4v) is 3.43. The number of carboxylic acids is 1. The van der Waals surface area contributed by atoms with Crippen LogP contribution in [0.5, 0.6) is 0 Å². The van der Waals surface area contributed by atoms with Gasteiger partial charge in [-0.1, -0.05) is 0 Å². The van der Waals surface area contributed by atoms with Crippen molar-refractivity contribution in [1.29, 1.82) is 0 Å². The van der Waals surface area contributed by atoms with Crippen molar-refractivity contribution >= 4 is 23.3 Å². The molecule has 6 heteroatoms. The second-order valence-corrected chi connectivity index (χ2v) is 6.28. The summed E-state index contributed by atoms with van der Waals surface area (Å²) in [7, 11) is 0. The number of carbonyl (C=O) groups excluding carboxylic acids is 1. The van der Waals surface area contributed by atoms with Gasteiger partial charge in [-0.15, -0.1) is 11.3 Å². The Morgan fingerprint density at radius 2 is 2.10 bits per heavy atom. The van der Waals surface area contributed by atoms with Crippen molar-refractivity contribution < 1.29 is 19.4 Å². The number of carbonyl (C=O) groups is 2. The van der Waals surface area contributed by atoms with E-state index in [9.17, 15) is 9.59 Å². The van der Waals surface area contributed by atoms with E-state index in [1.165, 1.54) is 11.3 Å². The molecule has 2 rings (SSSR count). The molecule has 1 aromatic rings. The Balaban J connectivity index is 1.73. The highest BCUT2D eigenvalue weighted by Crippen LogP contribution is 2.26. The molecule has 1 aliphatic rings. The second kappa shape index (κ2) is 7.56. The molecule has 0 radical (unpaired) electrons. The zero-order chi connectivity index (χ0) is 15.2. The number of aromatic carboxylic acids is 1. The minimum atomic E-state index is -0.882. The third-order valence-electron chi connectivity index (χ3n) is 3.81. The van der Waals surface area contributed by atoms with E-state index >= 15 is 0 Å². The Kier molecular flexibility index (Phi) is 5.76. The molecule has 1 saturated carbocycles. The van der Waals surface area contributed by atoms with Crippen LogP contribution in [-0.4, -0.2) is 29.7 Å². The average molecular weight is 311 g/mol. The third kappa shape index (κ3) is 4.54. The summed E-state index contributed by atoms with van der Waals surface area (Å²) in [4.78, 5) is 23.5. The molecule has 0 atom stereocenters. The normalized spacial score (nSPS) is 22.0. The SMILES string of the molecule is CCOC(=O)C1CCC(NCc2cc(C(=O)O)cs2)CC1. The highest BCUT2D eigenvalue weighted by atomic mass is 32.1. The van der Waals surface area contributed by atoms with Gasteiger partial charge in [0.25, 0.3) is 0 Å². The van der Waals surface area contributed by atoms with Gasteiger partial charge < -0.3 is 15.2 Å². The summed E-state index contributed by atoms with van der Waals surface area (Å²) in [5.74, 6) is -0.906. The van der Waals surface area contributed by atoms with Crippen molar-refractivity contribution in [3.05, 3.63) is 21.9 Å². The van der Waals surface area contributed by atoms with Crippen LogP contribution in [0.4, 0.5) is 0 Å². The van der Waals surface area contributed by atoms with Gasteiger partial charge in [-0.3, -0.25) is 4.79 Å². The van der Waals surface area contributed by atoms with Gasteiger partial charge in [0.2, 0.25) is 0 Å². The minimum absolute atomic E-state index is 0.0448. The van der Waals surface area contributed by atoms with E-state index in [0.29, 0.717) is 24.8 Å². The maximum Gasteiger partial charge on any atom is 0.336 e. The van der Waals surface area contributed by atoms with Gasteiger partial charge in [0, 0.05) is 22.8 Å². The highest BCUT2D eigenvalue weighted by Gasteiger charge is 2.26. The Morgan fingerprint density at radius 1 is 1.38 bits per heavy atom. The summed E-state index contributed by atoms with van der Waals surface area (Å²) < 4.78 is 5.06. The van der Waals surface area contributed by atoms with Gasteiger partial charge in [0.1, 0.15) is 0 Å². The monoisotopic (exact) mass is 311 g/mol. The predicted molar refractivity (Wildman–Crippen MR) is 80.5 cm³/mol. The van der Waals surface area contributed by atoms with Gasteiger partial charge >= 0.3 is 11.9 Å². The van der Waals surface area contributed by atoms with Crippen molar-refractivity contribution in [2.24, 2.45) is 5.92 Å². The standard InChI is InChI=1S/C15H21NO4S/c1-2-20-15(19)10-3-5-12(6-4-10)16-8-13-7-11(9-21-13)14(17)18/h7,9-10,12,16H,2-6,8H2,1H3,(H,17,18). The number of ether oxygens (including phenoxy) is 1. The van der Waals surface area contributed by atoms with Crippen LogP contribution in [0.3, 0.4) is 0 Å². The summed E-state index contributed by atoms with van der Waals surface area (Å²) >= 11 is 1.46. The van der Waals surface area contributed by atoms with Crippen LogP contribution in [0.25, 0.3) is 0 Å². The van der Waals surface area contributed by atoms with Crippen LogP contribution in [0, 0.1) is 5.92 Å². The van der Waals surface area contributed by atoms with E-state index in [1.807, 2.05) is 6.92 Å². The lowest BCUT2D eigenvalue weighted by atomic mass is 9.86. The first-order valence-electron chi connectivity index (χ1n) is 7.31. The van der Waals surface area contributed by atoms with Crippen molar-refractivity contribution in [2.45, 2.75) is 45.2 Å². The molecule has 1 fully saturated rings. The molecule has 0 bridgehead atoms. The number of hydrogen-bond acceptors (Lipinski definition) is 5. The van der Waals surface area contributed by atoms with Crippen molar-refractivity contribution in [3.8, 4) is 0 Å².